The molecular weight excluding hydrogens is 263 g/mol. The first-order valence-corrected chi connectivity index (χ1v) is 5.48. The van der Waals surface area contributed by atoms with E-state index in [0.29, 0.717) is 0 Å². The number of hydrogen-bond donors (Lipinski definition) is 2. The largest absolute Gasteiger partial charge is 0.492 e. The number of rotatable bonds is 5. The highest BCUT2D eigenvalue weighted by Crippen LogP contribution is 2.37. The van der Waals surface area contributed by atoms with Crippen molar-refractivity contribution in [1.82, 2.24) is 0 Å². The van der Waals surface area contributed by atoms with Crippen LogP contribution in [0.3, 0.4) is 0 Å². The van der Waals surface area contributed by atoms with Gasteiger partial charge >= 0.3 is 6.18 Å². The summed E-state index contributed by atoms with van der Waals surface area (Å²) >= 11 is 0. The second-order valence-corrected chi connectivity index (χ2v) is 4.10. The minimum Gasteiger partial charge on any atom is -0.492 e. The van der Waals surface area contributed by atoms with E-state index < -0.39 is 35.9 Å². The Bertz CT molecular complexity index is 460. The first kappa shape index (κ1) is 15.3. The Balaban J connectivity index is 2.97. The van der Waals surface area contributed by atoms with E-state index in [9.17, 15) is 18.0 Å². The van der Waals surface area contributed by atoms with Crippen LogP contribution in [-0.2, 0) is 17.6 Å². The zero-order chi connectivity index (χ0) is 14.6. The van der Waals surface area contributed by atoms with Crippen LogP contribution in [0, 0.1) is 5.92 Å². The number of ether oxygens (including phenoxy) is 1. The van der Waals surface area contributed by atoms with E-state index in [1.807, 2.05) is 0 Å². The summed E-state index contributed by atoms with van der Waals surface area (Å²) < 4.78 is 43.4. The first-order chi connectivity index (χ1) is 8.75. The summed E-state index contributed by atoms with van der Waals surface area (Å²) in [4.78, 5) is 10.8. The molecule has 0 aliphatic carbocycles. The lowest BCUT2D eigenvalue weighted by atomic mass is 10.1. The highest BCUT2D eigenvalue weighted by molar-refractivity contribution is 5.76. The fourth-order valence-electron chi connectivity index (χ4n) is 1.32. The Morgan fingerprint density at radius 3 is 2.58 bits per heavy atom. The van der Waals surface area contributed by atoms with Crippen LogP contribution in [0.4, 0.5) is 13.2 Å². The van der Waals surface area contributed by atoms with Crippen LogP contribution in [0.25, 0.3) is 0 Å². The Hall–Kier alpha value is -1.76. The van der Waals surface area contributed by atoms with Gasteiger partial charge in [0.05, 0.1) is 24.7 Å². The number of primary amides is 1. The molecule has 0 radical (unpaired) electrons. The Kier molecular flexibility index (Phi) is 4.77. The number of alkyl halides is 3. The van der Waals surface area contributed by atoms with Crippen molar-refractivity contribution in [2.75, 3.05) is 6.61 Å². The number of hydrogen-bond acceptors (Lipinski definition) is 3. The van der Waals surface area contributed by atoms with E-state index in [1.54, 1.807) is 0 Å². The minimum atomic E-state index is -4.60. The van der Waals surface area contributed by atoms with E-state index in [4.69, 9.17) is 15.6 Å². The molecule has 0 aliphatic rings. The summed E-state index contributed by atoms with van der Waals surface area (Å²) in [5.74, 6) is -1.74. The van der Waals surface area contributed by atoms with Crippen LogP contribution in [0.5, 0.6) is 5.75 Å². The van der Waals surface area contributed by atoms with Gasteiger partial charge in [0.25, 0.3) is 0 Å². The molecule has 0 bridgehead atoms. The quantitative estimate of drug-likeness (QED) is 0.860. The molecule has 0 saturated heterocycles. The zero-order valence-corrected chi connectivity index (χ0v) is 10.2. The van der Waals surface area contributed by atoms with E-state index in [0.717, 1.165) is 12.1 Å². The molecule has 1 aromatic carbocycles. The van der Waals surface area contributed by atoms with Gasteiger partial charge in [-0.2, -0.15) is 13.2 Å². The molecule has 0 heterocycles. The van der Waals surface area contributed by atoms with Crippen LogP contribution < -0.4 is 10.5 Å². The molecule has 0 spiro atoms. The van der Waals surface area contributed by atoms with Gasteiger partial charge in [0, 0.05) is 0 Å². The van der Waals surface area contributed by atoms with Crippen molar-refractivity contribution in [3.05, 3.63) is 29.3 Å². The molecule has 1 atom stereocenters. The predicted octanol–water partition coefficient (Wildman–Crippen LogP) is 1.70. The summed E-state index contributed by atoms with van der Waals surface area (Å²) in [5, 5.41) is 8.84. The fraction of sp³-hybridized carbons (Fsp3) is 0.417. The molecule has 0 aliphatic heterocycles. The standard InChI is InChI=1S/C12H14F3NO3/c1-7(11(16)18)6-19-10-3-2-8(5-17)4-9(10)12(13,14)15/h2-4,7,17H,5-6H2,1H3,(H2,16,18). The van der Waals surface area contributed by atoms with Gasteiger partial charge in [0.2, 0.25) is 5.91 Å². The number of aliphatic hydroxyl groups excluding tert-OH is 1. The lowest BCUT2D eigenvalue weighted by Crippen LogP contribution is -2.26. The molecular formula is C12H14F3NO3. The number of benzene rings is 1. The lowest BCUT2D eigenvalue weighted by molar-refractivity contribution is -0.139. The van der Waals surface area contributed by atoms with Crippen molar-refractivity contribution in [2.45, 2.75) is 19.7 Å². The maximum Gasteiger partial charge on any atom is 0.419 e. The highest BCUT2D eigenvalue weighted by atomic mass is 19.4. The molecule has 106 valence electrons. The number of carbonyl (C=O) groups excluding carboxylic acids is 1. The average Bonchev–Trinajstić information content (AvgIpc) is 2.34. The smallest absolute Gasteiger partial charge is 0.419 e. The summed E-state index contributed by atoms with van der Waals surface area (Å²) in [6, 6.07) is 3.24. The van der Waals surface area contributed by atoms with Gasteiger partial charge < -0.3 is 15.6 Å². The summed E-state index contributed by atoms with van der Waals surface area (Å²) in [7, 11) is 0. The molecule has 4 nitrogen and oxygen atoms in total. The van der Waals surface area contributed by atoms with Crippen molar-refractivity contribution >= 4 is 5.91 Å². The molecule has 1 amide bonds. The Labute approximate surface area is 108 Å². The van der Waals surface area contributed by atoms with Crippen LogP contribution in [0.1, 0.15) is 18.1 Å². The maximum atomic E-state index is 12.8. The molecule has 0 aromatic heterocycles. The second-order valence-electron chi connectivity index (χ2n) is 4.10. The number of halogens is 3. The van der Waals surface area contributed by atoms with Gasteiger partial charge in [-0.1, -0.05) is 13.0 Å². The van der Waals surface area contributed by atoms with Crippen LogP contribution in [0.2, 0.25) is 0 Å². The van der Waals surface area contributed by atoms with Crippen molar-refractivity contribution in [3.8, 4) is 5.75 Å². The molecule has 0 fully saturated rings. The molecule has 1 rings (SSSR count). The normalized spacial score (nSPS) is 13.1. The van der Waals surface area contributed by atoms with E-state index >= 15 is 0 Å². The number of amides is 1. The molecule has 0 saturated carbocycles. The highest BCUT2D eigenvalue weighted by Gasteiger charge is 2.34. The Morgan fingerprint density at radius 2 is 2.11 bits per heavy atom. The number of aliphatic hydroxyl groups is 1. The van der Waals surface area contributed by atoms with Gasteiger partial charge in [-0.3, -0.25) is 4.79 Å². The van der Waals surface area contributed by atoms with Gasteiger partial charge in [-0.05, 0) is 17.7 Å². The van der Waals surface area contributed by atoms with Gasteiger partial charge in [0.1, 0.15) is 5.75 Å². The monoisotopic (exact) mass is 277 g/mol. The second kappa shape index (κ2) is 5.92. The third-order valence-corrected chi connectivity index (χ3v) is 2.51. The summed E-state index contributed by atoms with van der Waals surface area (Å²) in [5.41, 5.74) is 4.13. The van der Waals surface area contributed by atoms with E-state index in [-0.39, 0.29) is 12.2 Å². The molecule has 7 heteroatoms. The fourth-order valence-corrected chi connectivity index (χ4v) is 1.32. The SMILES string of the molecule is CC(COc1ccc(CO)cc1C(F)(F)F)C(N)=O. The van der Waals surface area contributed by atoms with Crippen molar-refractivity contribution in [2.24, 2.45) is 11.7 Å². The van der Waals surface area contributed by atoms with Crippen LogP contribution in [-0.4, -0.2) is 17.6 Å². The first-order valence-electron chi connectivity index (χ1n) is 5.48. The summed E-state index contributed by atoms with van der Waals surface area (Å²) in [6.07, 6.45) is -4.60. The van der Waals surface area contributed by atoms with Gasteiger partial charge in [-0.25, -0.2) is 0 Å². The third kappa shape index (κ3) is 4.13. The minimum absolute atomic E-state index is 0.127. The predicted molar refractivity (Wildman–Crippen MR) is 61.2 cm³/mol. The van der Waals surface area contributed by atoms with Gasteiger partial charge in [-0.15, -0.1) is 0 Å². The van der Waals surface area contributed by atoms with E-state index in [1.165, 1.54) is 13.0 Å². The Morgan fingerprint density at radius 1 is 1.47 bits per heavy atom. The van der Waals surface area contributed by atoms with Gasteiger partial charge in [0.15, 0.2) is 0 Å². The zero-order valence-electron chi connectivity index (χ0n) is 10.2. The molecule has 19 heavy (non-hydrogen) atoms. The van der Waals surface area contributed by atoms with Crippen molar-refractivity contribution in [1.29, 1.82) is 0 Å². The average molecular weight is 277 g/mol. The summed E-state index contributed by atoms with van der Waals surface area (Å²) in [6.45, 7) is 0.718. The van der Waals surface area contributed by atoms with Crippen LogP contribution in [0.15, 0.2) is 18.2 Å². The maximum absolute atomic E-state index is 12.8. The van der Waals surface area contributed by atoms with Crippen LogP contribution >= 0.6 is 0 Å². The number of carbonyl (C=O) groups is 1. The molecule has 1 aromatic rings. The lowest BCUT2D eigenvalue weighted by Gasteiger charge is -2.16. The molecule has 1 unspecified atom stereocenters. The topological polar surface area (TPSA) is 72.6 Å². The number of nitrogens with two attached hydrogens (primary N) is 1. The van der Waals surface area contributed by atoms with Crippen molar-refractivity contribution in [3.63, 3.8) is 0 Å². The third-order valence-electron chi connectivity index (χ3n) is 2.51. The molecule has 3 N–H and O–H groups in total. The van der Waals surface area contributed by atoms with E-state index in [2.05, 4.69) is 0 Å². The van der Waals surface area contributed by atoms with Crippen molar-refractivity contribution < 1.29 is 27.8 Å².